The monoisotopic (exact) mass is 198 g/mol. The normalized spacial score (nSPS) is 28.3. The van der Waals surface area contributed by atoms with Gasteiger partial charge in [-0.3, -0.25) is 0 Å². The fraction of sp³-hybridized carbons (Fsp3) is 0.800. The van der Waals surface area contributed by atoms with E-state index < -0.39 is 21.4 Å². The van der Waals surface area contributed by atoms with Crippen LogP contribution >= 0.6 is 11.6 Å². The largest absolute Gasteiger partial charge is 0.449 e. The minimum Gasteiger partial charge on any atom is -0.449 e. The van der Waals surface area contributed by atoms with E-state index in [0.717, 1.165) is 0 Å². The minimum absolute atomic E-state index is 0.0852. The van der Waals surface area contributed by atoms with Crippen molar-refractivity contribution in [3.63, 3.8) is 0 Å². The van der Waals surface area contributed by atoms with Crippen molar-refractivity contribution in [1.82, 2.24) is 0 Å². The van der Waals surface area contributed by atoms with Gasteiger partial charge in [-0.1, -0.05) is 0 Å². The van der Waals surface area contributed by atoms with E-state index in [-0.39, 0.29) is 11.5 Å². The molecule has 64 valence electrons. The topological polar surface area (TPSA) is 60.4 Å². The quantitative estimate of drug-likeness (QED) is 0.578. The molecule has 0 aliphatic carbocycles. The molecule has 0 bridgehead atoms. The molecule has 0 spiro atoms. The Morgan fingerprint density at radius 2 is 2.18 bits per heavy atom. The molecule has 4 nitrogen and oxygen atoms in total. The summed E-state index contributed by atoms with van der Waals surface area (Å²) in [6.45, 7) is 0. The molecule has 1 unspecified atom stereocenters. The minimum atomic E-state index is -2.98. The molecule has 1 heterocycles. The molecule has 1 fully saturated rings. The molecule has 6 heteroatoms. The van der Waals surface area contributed by atoms with Gasteiger partial charge >= 0.3 is 5.43 Å². The molecule has 1 aliphatic rings. The van der Waals surface area contributed by atoms with Gasteiger partial charge in [0.1, 0.15) is 6.10 Å². The van der Waals surface area contributed by atoms with E-state index in [9.17, 15) is 13.2 Å². The second-order valence-corrected chi connectivity index (χ2v) is 4.92. The zero-order valence-electron chi connectivity index (χ0n) is 5.62. The Hall–Kier alpha value is -0.290. The van der Waals surface area contributed by atoms with E-state index in [1.165, 1.54) is 0 Å². The second kappa shape index (κ2) is 2.98. The zero-order valence-corrected chi connectivity index (χ0v) is 7.19. The molecule has 0 aromatic heterocycles. The first-order valence-corrected chi connectivity index (χ1v) is 5.26. The SMILES string of the molecule is O=C(Cl)OC1CCS(=O)(=O)C1. The van der Waals surface area contributed by atoms with Crippen molar-refractivity contribution in [2.45, 2.75) is 12.5 Å². The van der Waals surface area contributed by atoms with Gasteiger partial charge in [-0.15, -0.1) is 0 Å². The zero-order chi connectivity index (χ0) is 8.48. The Kier molecular flexibility index (Phi) is 2.39. The maximum absolute atomic E-state index is 10.8. The molecule has 1 atom stereocenters. The van der Waals surface area contributed by atoms with Crippen molar-refractivity contribution in [2.24, 2.45) is 0 Å². The van der Waals surface area contributed by atoms with E-state index in [0.29, 0.717) is 6.42 Å². The molecule has 0 radical (unpaired) electrons. The second-order valence-electron chi connectivity index (χ2n) is 2.38. The summed E-state index contributed by atoms with van der Waals surface area (Å²) in [5.41, 5.74) is -0.938. The highest BCUT2D eigenvalue weighted by molar-refractivity contribution is 7.91. The van der Waals surface area contributed by atoms with Crippen molar-refractivity contribution in [3.8, 4) is 0 Å². The van der Waals surface area contributed by atoms with E-state index >= 15 is 0 Å². The summed E-state index contributed by atoms with van der Waals surface area (Å²) in [5.74, 6) is -0.00665. The number of hydrogen-bond donors (Lipinski definition) is 0. The van der Waals surface area contributed by atoms with Gasteiger partial charge in [-0.2, -0.15) is 0 Å². The van der Waals surface area contributed by atoms with Crippen molar-refractivity contribution in [1.29, 1.82) is 0 Å². The summed E-state index contributed by atoms with van der Waals surface area (Å²) in [4.78, 5) is 10.2. The van der Waals surface area contributed by atoms with E-state index in [4.69, 9.17) is 11.6 Å². The number of carbonyl (C=O) groups excluding carboxylic acids is 1. The Balaban J connectivity index is 2.49. The Bertz CT molecular complexity index is 258. The lowest BCUT2D eigenvalue weighted by Crippen LogP contribution is -2.15. The molecule has 0 amide bonds. The maximum atomic E-state index is 10.8. The van der Waals surface area contributed by atoms with Crippen molar-refractivity contribution < 1.29 is 17.9 Å². The van der Waals surface area contributed by atoms with Crippen molar-refractivity contribution >= 4 is 26.9 Å². The summed E-state index contributed by atoms with van der Waals surface area (Å²) in [6.07, 6.45) is -0.175. The number of rotatable bonds is 1. The summed E-state index contributed by atoms with van der Waals surface area (Å²) in [7, 11) is -2.98. The van der Waals surface area contributed by atoms with Crippen LogP contribution in [-0.2, 0) is 14.6 Å². The van der Waals surface area contributed by atoms with Gasteiger partial charge in [0.15, 0.2) is 9.84 Å². The van der Waals surface area contributed by atoms with Gasteiger partial charge in [0.25, 0.3) is 0 Å². The van der Waals surface area contributed by atoms with Crippen LogP contribution in [0.3, 0.4) is 0 Å². The molecular formula is C5H7ClO4S. The van der Waals surface area contributed by atoms with Crippen LogP contribution in [0, 0.1) is 0 Å². The van der Waals surface area contributed by atoms with Gasteiger partial charge in [0.2, 0.25) is 0 Å². The Labute approximate surface area is 69.4 Å². The molecule has 0 N–H and O–H groups in total. The number of sulfone groups is 1. The fourth-order valence-electron chi connectivity index (χ4n) is 0.985. The molecule has 1 aliphatic heterocycles. The molecule has 0 aromatic rings. The van der Waals surface area contributed by atoms with E-state index in [1.807, 2.05) is 0 Å². The van der Waals surface area contributed by atoms with E-state index in [1.54, 1.807) is 0 Å². The van der Waals surface area contributed by atoms with Gasteiger partial charge in [-0.05, 0) is 6.42 Å². The first-order chi connectivity index (χ1) is 4.99. The van der Waals surface area contributed by atoms with Crippen LogP contribution in [0.2, 0.25) is 0 Å². The van der Waals surface area contributed by atoms with Crippen LogP contribution in [0.5, 0.6) is 0 Å². The predicted octanol–water partition coefficient (Wildman–Crippen LogP) is 0.549. The Morgan fingerprint density at radius 1 is 1.55 bits per heavy atom. The predicted molar refractivity (Wildman–Crippen MR) is 39.4 cm³/mol. The van der Waals surface area contributed by atoms with Crippen LogP contribution in [-0.4, -0.2) is 31.5 Å². The van der Waals surface area contributed by atoms with Crippen LogP contribution in [0.4, 0.5) is 4.79 Å². The number of halogens is 1. The van der Waals surface area contributed by atoms with Crippen molar-refractivity contribution in [2.75, 3.05) is 11.5 Å². The van der Waals surface area contributed by atoms with E-state index in [2.05, 4.69) is 4.74 Å². The van der Waals surface area contributed by atoms with Gasteiger partial charge < -0.3 is 4.74 Å². The van der Waals surface area contributed by atoms with Crippen LogP contribution in [0.1, 0.15) is 6.42 Å². The summed E-state index contributed by atoms with van der Waals surface area (Å²) < 4.78 is 26.1. The van der Waals surface area contributed by atoms with Crippen LogP contribution < -0.4 is 0 Å². The first kappa shape index (κ1) is 8.80. The van der Waals surface area contributed by atoms with Crippen LogP contribution in [0.15, 0.2) is 0 Å². The smallest absolute Gasteiger partial charge is 0.404 e. The molecular weight excluding hydrogens is 192 g/mol. The highest BCUT2D eigenvalue weighted by atomic mass is 35.5. The first-order valence-electron chi connectivity index (χ1n) is 3.06. The highest BCUT2D eigenvalue weighted by Crippen LogP contribution is 2.15. The van der Waals surface area contributed by atoms with Crippen LogP contribution in [0.25, 0.3) is 0 Å². The lowest BCUT2D eigenvalue weighted by molar-refractivity contribution is 0.135. The van der Waals surface area contributed by atoms with Gasteiger partial charge in [0.05, 0.1) is 11.5 Å². The molecule has 0 aromatic carbocycles. The summed E-state index contributed by atoms with van der Waals surface area (Å²) >= 11 is 4.89. The third-order valence-electron chi connectivity index (χ3n) is 1.45. The lowest BCUT2D eigenvalue weighted by atomic mass is 10.3. The van der Waals surface area contributed by atoms with Gasteiger partial charge in [-0.25, -0.2) is 13.2 Å². The maximum Gasteiger partial charge on any atom is 0.404 e. The molecule has 1 saturated heterocycles. The molecule has 11 heavy (non-hydrogen) atoms. The number of ether oxygens (including phenoxy) is 1. The summed E-state index contributed by atoms with van der Waals surface area (Å²) in [5, 5.41) is 0. The lowest BCUT2D eigenvalue weighted by Gasteiger charge is -2.04. The molecule has 1 rings (SSSR count). The number of hydrogen-bond acceptors (Lipinski definition) is 4. The summed E-state index contributed by atoms with van der Waals surface area (Å²) in [6, 6.07) is 0. The average molecular weight is 199 g/mol. The third-order valence-corrected chi connectivity index (χ3v) is 3.28. The van der Waals surface area contributed by atoms with Gasteiger partial charge in [0, 0.05) is 11.6 Å². The van der Waals surface area contributed by atoms with Crippen molar-refractivity contribution in [3.05, 3.63) is 0 Å². The third kappa shape index (κ3) is 2.67. The molecule has 0 saturated carbocycles. The average Bonchev–Trinajstić information content (AvgIpc) is 2.08. The standard InChI is InChI=1S/C5H7ClO4S/c6-5(7)10-4-1-2-11(8,9)3-4/h4H,1-3H2. The number of carbonyl (C=O) groups is 1. The highest BCUT2D eigenvalue weighted by Gasteiger charge is 2.30. The fourth-order valence-corrected chi connectivity index (χ4v) is 2.70. The Morgan fingerprint density at radius 3 is 2.55 bits per heavy atom.